The van der Waals surface area contributed by atoms with Gasteiger partial charge in [-0.1, -0.05) is 5.92 Å². The fourth-order valence-electron chi connectivity index (χ4n) is 4.95. The third-order valence-corrected chi connectivity index (χ3v) is 5.29. The molecule has 4 aliphatic rings. The monoisotopic (exact) mass is 158 g/mol. The third kappa shape index (κ3) is 0.369. The van der Waals surface area contributed by atoms with Crippen LogP contribution in [0.15, 0.2) is 0 Å². The summed E-state index contributed by atoms with van der Waals surface area (Å²) >= 11 is 0. The molecule has 4 aliphatic carbocycles. The van der Waals surface area contributed by atoms with Crippen molar-refractivity contribution in [1.29, 1.82) is 0 Å². The molecular weight excluding hydrogens is 144 g/mol. The minimum absolute atomic E-state index is 0.816. The molecule has 0 heteroatoms. The van der Waals surface area contributed by atoms with Gasteiger partial charge in [0.1, 0.15) is 0 Å². The molecule has 1 spiro atoms. The molecule has 0 amide bonds. The Bertz CT molecular complexity index is 319. The predicted molar refractivity (Wildman–Crippen MR) is 47.2 cm³/mol. The lowest BCUT2D eigenvalue weighted by Gasteiger charge is -2.53. The average molecular weight is 158 g/mol. The van der Waals surface area contributed by atoms with E-state index in [4.69, 9.17) is 0 Å². The fraction of sp³-hybridized carbons (Fsp3) is 0.833. The number of hydrogen-bond acceptors (Lipinski definition) is 0. The fourth-order valence-corrected chi connectivity index (χ4v) is 4.95. The van der Waals surface area contributed by atoms with Crippen LogP contribution < -0.4 is 0 Å². The van der Waals surface area contributed by atoms with Crippen LogP contribution in [0.25, 0.3) is 0 Å². The lowest BCUT2D eigenvalue weighted by atomic mass is 9.51. The summed E-state index contributed by atoms with van der Waals surface area (Å²) in [6, 6.07) is 0. The second-order valence-corrected chi connectivity index (χ2v) is 5.29. The first-order valence-corrected chi connectivity index (χ1v) is 5.30. The van der Waals surface area contributed by atoms with Crippen LogP contribution in [0.1, 0.15) is 26.2 Å². The van der Waals surface area contributed by atoms with Gasteiger partial charge in [-0.3, -0.25) is 0 Å². The zero-order chi connectivity index (χ0) is 7.92. The Morgan fingerprint density at radius 1 is 1.33 bits per heavy atom. The molecule has 0 aromatic rings. The summed E-state index contributed by atoms with van der Waals surface area (Å²) in [7, 11) is 0. The number of rotatable bonds is 0. The van der Waals surface area contributed by atoms with Gasteiger partial charge in [-0.25, -0.2) is 0 Å². The molecule has 0 aromatic heterocycles. The standard InChI is InChI=1S/C12H14/c1-2-3-8-4-7-5-9-10-6-12(8,10)11(7)9/h7-11H,4-6H2,1H3. The van der Waals surface area contributed by atoms with E-state index in [0.29, 0.717) is 0 Å². The van der Waals surface area contributed by atoms with Gasteiger partial charge in [0, 0.05) is 5.92 Å². The van der Waals surface area contributed by atoms with Crippen molar-refractivity contribution in [3.63, 3.8) is 0 Å². The highest BCUT2D eigenvalue weighted by molar-refractivity contribution is 5.35. The average Bonchev–Trinajstić information content (AvgIpc) is 2.59. The Hall–Kier alpha value is -0.440. The van der Waals surface area contributed by atoms with Gasteiger partial charge in [0.05, 0.1) is 0 Å². The van der Waals surface area contributed by atoms with Crippen LogP contribution in [0.5, 0.6) is 0 Å². The van der Waals surface area contributed by atoms with Gasteiger partial charge in [0.2, 0.25) is 0 Å². The molecule has 6 atom stereocenters. The van der Waals surface area contributed by atoms with Crippen molar-refractivity contribution in [2.45, 2.75) is 26.2 Å². The molecule has 0 nitrogen and oxygen atoms in total. The molecule has 0 aliphatic heterocycles. The lowest BCUT2D eigenvalue weighted by Crippen LogP contribution is -2.48. The first-order valence-electron chi connectivity index (χ1n) is 5.30. The van der Waals surface area contributed by atoms with E-state index in [-0.39, 0.29) is 0 Å². The van der Waals surface area contributed by atoms with Crippen molar-refractivity contribution in [1.82, 2.24) is 0 Å². The van der Waals surface area contributed by atoms with Crippen LogP contribution in [-0.4, -0.2) is 0 Å². The minimum atomic E-state index is 0.816. The molecule has 6 unspecified atom stereocenters. The lowest BCUT2D eigenvalue weighted by molar-refractivity contribution is -0.0535. The first-order chi connectivity index (χ1) is 5.88. The summed E-state index contributed by atoms with van der Waals surface area (Å²) in [6.07, 6.45) is 4.58. The van der Waals surface area contributed by atoms with E-state index >= 15 is 0 Å². The summed E-state index contributed by atoms with van der Waals surface area (Å²) in [5.74, 6) is 12.0. The van der Waals surface area contributed by atoms with Crippen molar-refractivity contribution in [3.05, 3.63) is 0 Å². The molecule has 4 fully saturated rings. The van der Waals surface area contributed by atoms with Crippen LogP contribution in [-0.2, 0) is 0 Å². The van der Waals surface area contributed by atoms with Gasteiger partial charge < -0.3 is 0 Å². The SMILES string of the molecule is CC#CC1CC2CC3C4CC14C23. The molecule has 62 valence electrons. The zero-order valence-corrected chi connectivity index (χ0v) is 7.51. The van der Waals surface area contributed by atoms with Crippen molar-refractivity contribution in [3.8, 4) is 11.8 Å². The summed E-state index contributed by atoms with van der Waals surface area (Å²) in [5.41, 5.74) is 0.816. The third-order valence-electron chi connectivity index (χ3n) is 5.29. The summed E-state index contributed by atoms with van der Waals surface area (Å²) in [6.45, 7) is 2.00. The van der Waals surface area contributed by atoms with Crippen LogP contribution in [0.4, 0.5) is 0 Å². The molecular formula is C12H14. The maximum atomic E-state index is 3.47. The van der Waals surface area contributed by atoms with Gasteiger partial charge in [-0.15, -0.1) is 5.92 Å². The summed E-state index contributed by atoms with van der Waals surface area (Å²) in [4.78, 5) is 0. The molecule has 4 saturated carbocycles. The highest BCUT2D eigenvalue weighted by Gasteiger charge is 2.84. The summed E-state index contributed by atoms with van der Waals surface area (Å²) in [5, 5.41) is 0. The van der Waals surface area contributed by atoms with Gasteiger partial charge in [0.15, 0.2) is 0 Å². The molecule has 0 radical (unpaired) electrons. The molecule has 4 rings (SSSR count). The van der Waals surface area contributed by atoms with Gasteiger partial charge in [-0.2, -0.15) is 0 Å². The molecule has 0 bridgehead atoms. The molecule has 0 heterocycles. The van der Waals surface area contributed by atoms with E-state index in [1.54, 1.807) is 12.8 Å². The zero-order valence-electron chi connectivity index (χ0n) is 7.51. The van der Waals surface area contributed by atoms with E-state index in [2.05, 4.69) is 11.8 Å². The maximum absolute atomic E-state index is 3.47. The molecule has 0 saturated heterocycles. The Morgan fingerprint density at radius 3 is 3.08 bits per heavy atom. The largest absolute Gasteiger partial charge is 0.106 e. The second-order valence-electron chi connectivity index (χ2n) is 5.29. The van der Waals surface area contributed by atoms with Crippen LogP contribution in [0.2, 0.25) is 0 Å². The van der Waals surface area contributed by atoms with Crippen molar-refractivity contribution in [2.75, 3.05) is 0 Å². The minimum Gasteiger partial charge on any atom is -0.106 e. The van der Waals surface area contributed by atoms with E-state index in [0.717, 1.165) is 29.1 Å². The molecule has 0 aromatic carbocycles. The van der Waals surface area contributed by atoms with Gasteiger partial charge in [0.25, 0.3) is 0 Å². The van der Waals surface area contributed by atoms with Crippen LogP contribution in [0.3, 0.4) is 0 Å². The molecule has 0 N–H and O–H groups in total. The van der Waals surface area contributed by atoms with Crippen molar-refractivity contribution in [2.24, 2.45) is 35.0 Å². The van der Waals surface area contributed by atoms with Crippen LogP contribution >= 0.6 is 0 Å². The van der Waals surface area contributed by atoms with Crippen LogP contribution in [0, 0.1) is 46.8 Å². The number of hydrogen-bond donors (Lipinski definition) is 0. The second kappa shape index (κ2) is 1.48. The topological polar surface area (TPSA) is 0 Å². The molecule has 12 heavy (non-hydrogen) atoms. The Kier molecular flexibility index (Phi) is 0.749. The van der Waals surface area contributed by atoms with Gasteiger partial charge >= 0.3 is 0 Å². The smallest absolute Gasteiger partial charge is 0.0267 e. The number of fused-ring (bicyclic) bond motifs is 1. The van der Waals surface area contributed by atoms with Crippen molar-refractivity contribution >= 4 is 0 Å². The maximum Gasteiger partial charge on any atom is 0.0267 e. The predicted octanol–water partition coefficient (Wildman–Crippen LogP) is 2.30. The summed E-state index contributed by atoms with van der Waals surface area (Å²) < 4.78 is 0. The van der Waals surface area contributed by atoms with E-state index in [1.165, 1.54) is 12.3 Å². The normalized spacial score (nSPS) is 67.9. The van der Waals surface area contributed by atoms with Crippen molar-refractivity contribution < 1.29 is 0 Å². The van der Waals surface area contributed by atoms with E-state index in [1.807, 2.05) is 6.92 Å². The Labute approximate surface area is 73.7 Å². The Balaban J connectivity index is 1.78. The van der Waals surface area contributed by atoms with E-state index in [9.17, 15) is 0 Å². The Morgan fingerprint density at radius 2 is 2.25 bits per heavy atom. The van der Waals surface area contributed by atoms with Gasteiger partial charge in [-0.05, 0) is 55.3 Å². The highest BCUT2D eigenvalue weighted by atomic mass is 14.9. The van der Waals surface area contributed by atoms with E-state index < -0.39 is 0 Å². The quantitative estimate of drug-likeness (QED) is 0.474. The highest BCUT2D eigenvalue weighted by Crippen LogP contribution is 2.89. The first kappa shape index (κ1) is 6.08.